The molecule has 0 saturated heterocycles. The molecule has 0 bridgehead atoms. The van der Waals surface area contributed by atoms with Gasteiger partial charge in [-0.05, 0) is 41.5 Å². The molecule has 0 aromatic heterocycles. The lowest BCUT2D eigenvalue weighted by Crippen LogP contribution is -2.61. The summed E-state index contributed by atoms with van der Waals surface area (Å²) in [4.78, 5) is 0. The minimum Gasteiger partial charge on any atom is -0.385 e. The molecule has 0 radical (unpaired) electrons. The monoisotopic (exact) mass is 422 g/mol. The standard InChI is InChI=1S/C22H50N2O5/c1-18(2)28-15-20(25)13-23(7,8)11-12-27-17-22(5,6)24(9,10)14-21(26)16-29-19(3)4/h18-21,25-26H,11-17H2,1-10H3/q+2. The van der Waals surface area contributed by atoms with E-state index < -0.39 is 12.2 Å². The molecular weight excluding hydrogens is 372 g/mol. The molecule has 2 N–H and O–H groups in total. The van der Waals surface area contributed by atoms with E-state index in [1.165, 1.54) is 0 Å². The van der Waals surface area contributed by atoms with E-state index in [1.807, 2.05) is 27.7 Å². The Morgan fingerprint density at radius 3 is 1.69 bits per heavy atom. The molecule has 0 fully saturated rings. The molecule has 0 amide bonds. The molecule has 2 unspecified atom stereocenters. The van der Waals surface area contributed by atoms with Gasteiger partial charge in [0.2, 0.25) is 0 Å². The van der Waals surface area contributed by atoms with E-state index >= 15 is 0 Å². The Kier molecular flexibility index (Phi) is 12.4. The van der Waals surface area contributed by atoms with Gasteiger partial charge in [-0.25, -0.2) is 0 Å². The number of aliphatic hydroxyl groups is 2. The van der Waals surface area contributed by atoms with Crippen LogP contribution in [0, 0.1) is 0 Å². The summed E-state index contributed by atoms with van der Waals surface area (Å²) in [6.45, 7) is 16.2. The number of hydrogen-bond acceptors (Lipinski definition) is 5. The van der Waals surface area contributed by atoms with Gasteiger partial charge in [-0.1, -0.05) is 0 Å². The first-order chi connectivity index (χ1) is 13.1. The van der Waals surface area contributed by atoms with Gasteiger partial charge in [-0.3, -0.25) is 0 Å². The fraction of sp³-hybridized carbons (Fsp3) is 1.00. The van der Waals surface area contributed by atoms with Crippen molar-refractivity contribution < 1.29 is 33.4 Å². The highest BCUT2D eigenvalue weighted by Gasteiger charge is 2.38. The summed E-state index contributed by atoms with van der Waals surface area (Å²) < 4.78 is 18.4. The van der Waals surface area contributed by atoms with Crippen molar-refractivity contribution in [3.63, 3.8) is 0 Å². The van der Waals surface area contributed by atoms with Crippen molar-refractivity contribution in [2.24, 2.45) is 0 Å². The van der Waals surface area contributed by atoms with Crippen LogP contribution in [0.2, 0.25) is 0 Å². The van der Waals surface area contributed by atoms with Crippen molar-refractivity contribution >= 4 is 0 Å². The minimum absolute atomic E-state index is 0.119. The van der Waals surface area contributed by atoms with Crippen LogP contribution < -0.4 is 0 Å². The summed E-state index contributed by atoms with van der Waals surface area (Å²) in [6.07, 6.45) is -0.734. The second kappa shape index (κ2) is 12.5. The van der Waals surface area contributed by atoms with Crippen LogP contribution in [0.5, 0.6) is 0 Å². The quantitative estimate of drug-likeness (QED) is 0.291. The van der Waals surface area contributed by atoms with Crippen LogP contribution in [-0.2, 0) is 14.2 Å². The molecule has 0 aliphatic rings. The molecule has 0 aliphatic carbocycles. The van der Waals surface area contributed by atoms with Gasteiger partial charge < -0.3 is 33.4 Å². The Morgan fingerprint density at radius 2 is 1.24 bits per heavy atom. The van der Waals surface area contributed by atoms with Gasteiger partial charge in [0, 0.05) is 0 Å². The second-order valence-corrected chi connectivity index (χ2v) is 10.6. The van der Waals surface area contributed by atoms with Crippen LogP contribution in [0.3, 0.4) is 0 Å². The highest BCUT2D eigenvalue weighted by atomic mass is 16.5. The summed E-state index contributed by atoms with van der Waals surface area (Å²) in [5.41, 5.74) is -0.152. The fourth-order valence-corrected chi connectivity index (χ4v) is 2.96. The third kappa shape index (κ3) is 12.9. The highest BCUT2D eigenvalue weighted by Crippen LogP contribution is 2.21. The first-order valence-electron chi connectivity index (χ1n) is 10.9. The van der Waals surface area contributed by atoms with E-state index in [2.05, 4.69) is 42.0 Å². The topological polar surface area (TPSA) is 68.2 Å². The molecule has 7 heteroatoms. The number of quaternary nitrogens is 2. The number of ether oxygens (including phenoxy) is 3. The predicted octanol–water partition coefficient (Wildman–Crippen LogP) is 1.51. The van der Waals surface area contributed by atoms with E-state index in [0.29, 0.717) is 48.5 Å². The van der Waals surface area contributed by atoms with E-state index in [-0.39, 0.29) is 17.7 Å². The van der Waals surface area contributed by atoms with E-state index in [9.17, 15) is 10.2 Å². The molecule has 0 spiro atoms. The molecule has 2 atom stereocenters. The summed E-state index contributed by atoms with van der Waals surface area (Å²) in [6, 6.07) is 0. The van der Waals surface area contributed by atoms with Crippen molar-refractivity contribution in [2.45, 2.75) is 71.5 Å². The summed E-state index contributed by atoms with van der Waals surface area (Å²) in [5.74, 6) is 0. The van der Waals surface area contributed by atoms with Gasteiger partial charge >= 0.3 is 0 Å². The molecule has 7 nitrogen and oxygen atoms in total. The van der Waals surface area contributed by atoms with Crippen molar-refractivity contribution in [1.82, 2.24) is 0 Å². The van der Waals surface area contributed by atoms with Crippen LogP contribution in [-0.4, -0.2) is 123 Å². The molecule has 0 aromatic carbocycles. The maximum absolute atomic E-state index is 10.3. The van der Waals surface area contributed by atoms with E-state index in [0.717, 1.165) is 6.54 Å². The van der Waals surface area contributed by atoms with Gasteiger partial charge in [-0.15, -0.1) is 0 Å². The number of likely N-dealkylation sites (N-methyl/N-ethyl adjacent to an activating group) is 2. The number of hydrogen-bond donors (Lipinski definition) is 2. The normalized spacial score (nSPS) is 15.9. The highest BCUT2D eigenvalue weighted by molar-refractivity contribution is 4.70. The van der Waals surface area contributed by atoms with Crippen LogP contribution in [0.25, 0.3) is 0 Å². The van der Waals surface area contributed by atoms with Crippen molar-refractivity contribution in [3.05, 3.63) is 0 Å². The van der Waals surface area contributed by atoms with Crippen molar-refractivity contribution in [2.75, 3.05) is 74.3 Å². The average molecular weight is 423 g/mol. The molecule has 0 saturated carbocycles. The molecule has 0 rings (SSSR count). The fourth-order valence-electron chi connectivity index (χ4n) is 2.96. The zero-order valence-corrected chi connectivity index (χ0v) is 20.8. The average Bonchev–Trinajstić information content (AvgIpc) is 2.54. The van der Waals surface area contributed by atoms with Crippen LogP contribution in [0.1, 0.15) is 41.5 Å². The molecule has 0 aromatic rings. The van der Waals surface area contributed by atoms with Gasteiger partial charge in [0.25, 0.3) is 0 Å². The minimum atomic E-state index is -0.503. The third-order valence-corrected chi connectivity index (χ3v) is 5.55. The maximum atomic E-state index is 10.3. The first-order valence-corrected chi connectivity index (χ1v) is 10.9. The van der Waals surface area contributed by atoms with Gasteiger partial charge in [-0.2, -0.15) is 0 Å². The van der Waals surface area contributed by atoms with Crippen molar-refractivity contribution in [3.8, 4) is 0 Å². The zero-order valence-electron chi connectivity index (χ0n) is 20.8. The number of nitrogens with zero attached hydrogens (tertiary/aromatic N) is 2. The van der Waals surface area contributed by atoms with Crippen LogP contribution >= 0.6 is 0 Å². The predicted molar refractivity (Wildman–Crippen MR) is 118 cm³/mol. The van der Waals surface area contributed by atoms with Crippen molar-refractivity contribution in [1.29, 1.82) is 0 Å². The van der Waals surface area contributed by atoms with Gasteiger partial charge in [0.1, 0.15) is 44.0 Å². The molecule has 0 aliphatic heterocycles. The zero-order chi connectivity index (χ0) is 22.9. The molecule has 0 heterocycles. The summed E-state index contributed by atoms with van der Waals surface area (Å²) >= 11 is 0. The number of aliphatic hydroxyl groups excluding tert-OH is 2. The smallest absolute Gasteiger partial charge is 0.126 e. The lowest BCUT2D eigenvalue weighted by atomic mass is 10.0. The lowest BCUT2D eigenvalue weighted by Gasteiger charge is -2.45. The van der Waals surface area contributed by atoms with Gasteiger partial charge in [0.15, 0.2) is 0 Å². The third-order valence-electron chi connectivity index (χ3n) is 5.55. The second-order valence-electron chi connectivity index (χ2n) is 10.6. The molecular formula is C22H50N2O5+2. The maximum Gasteiger partial charge on any atom is 0.126 e. The Morgan fingerprint density at radius 1 is 0.793 bits per heavy atom. The SMILES string of the molecule is CC(C)OCC(O)C[N+](C)(C)CCOCC(C)(C)[N+](C)(C)CC(O)COC(C)C. The molecule has 176 valence electrons. The Labute approximate surface area is 179 Å². The Bertz CT molecular complexity index is 439. The Hall–Kier alpha value is -0.280. The lowest BCUT2D eigenvalue weighted by molar-refractivity contribution is -0.941. The summed E-state index contributed by atoms with van der Waals surface area (Å²) in [5, 5.41) is 20.5. The number of rotatable bonds is 16. The van der Waals surface area contributed by atoms with Gasteiger partial charge in [0.05, 0.1) is 60.2 Å². The van der Waals surface area contributed by atoms with E-state index in [4.69, 9.17) is 14.2 Å². The van der Waals surface area contributed by atoms with Crippen LogP contribution in [0.4, 0.5) is 0 Å². The van der Waals surface area contributed by atoms with E-state index in [1.54, 1.807) is 0 Å². The largest absolute Gasteiger partial charge is 0.385 e. The van der Waals surface area contributed by atoms with Crippen LogP contribution in [0.15, 0.2) is 0 Å². The first kappa shape index (κ1) is 28.7. The summed E-state index contributed by atoms with van der Waals surface area (Å²) in [7, 11) is 8.43. The molecule has 29 heavy (non-hydrogen) atoms. The Balaban J connectivity index is 4.39.